The average molecular weight is 264 g/mol. The number of hydrogen-bond donors (Lipinski definition) is 1. The van der Waals surface area contributed by atoms with E-state index in [1.165, 1.54) is 25.7 Å². The van der Waals surface area contributed by atoms with E-state index >= 15 is 0 Å². The minimum atomic E-state index is 0.633. The number of pyridine rings is 1. The van der Waals surface area contributed by atoms with Crippen LogP contribution in [-0.2, 0) is 17.9 Å². The highest BCUT2D eigenvalue weighted by molar-refractivity contribution is 5.10. The van der Waals surface area contributed by atoms with E-state index in [0.29, 0.717) is 6.61 Å². The van der Waals surface area contributed by atoms with Gasteiger partial charge in [-0.15, -0.1) is 0 Å². The first-order valence-electron chi connectivity index (χ1n) is 7.60. The largest absolute Gasteiger partial charge is 0.375 e. The predicted octanol–water partition coefficient (Wildman–Crippen LogP) is 3.68. The van der Waals surface area contributed by atoms with E-state index in [1.807, 2.05) is 6.07 Å². The van der Waals surface area contributed by atoms with Crippen molar-refractivity contribution in [2.75, 3.05) is 13.2 Å². The Labute approximate surface area is 117 Å². The molecule has 0 aliphatic heterocycles. The van der Waals surface area contributed by atoms with Gasteiger partial charge in [-0.25, -0.2) is 0 Å². The fourth-order valence-electron chi connectivity index (χ4n) is 1.95. The van der Waals surface area contributed by atoms with Gasteiger partial charge in [0.1, 0.15) is 0 Å². The molecule has 0 spiro atoms. The first kappa shape index (κ1) is 16.1. The Kier molecular flexibility index (Phi) is 9.29. The summed E-state index contributed by atoms with van der Waals surface area (Å²) in [7, 11) is 0. The number of hydrogen-bond acceptors (Lipinski definition) is 3. The van der Waals surface area contributed by atoms with Crippen LogP contribution in [0.2, 0.25) is 0 Å². The van der Waals surface area contributed by atoms with Crippen molar-refractivity contribution in [3.63, 3.8) is 0 Å². The predicted molar refractivity (Wildman–Crippen MR) is 80.0 cm³/mol. The number of nitrogens with zero attached hydrogens (tertiary/aromatic N) is 1. The number of unbranched alkanes of at least 4 members (excludes halogenated alkanes) is 4. The van der Waals surface area contributed by atoms with Crippen LogP contribution in [-0.4, -0.2) is 18.1 Å². The highest BCUT2D eigenvalue weighted by atomic mass is 16.5. The lowest BCUT2D eigenvalue weighted by Gasteiger charge is -2.06. The molecule has 19 heavy (non-hydrogen) atoms. The molecular formula is C16H28N2O. The Balaban J connectivity index is 2.14. The summed E-state index contributed by atoms with van der Waals surface area (Å²) >= 11 is 0. The fraction of sp³-hybridized carbons (Fsp3) is 0.688. The lowest BCUT2D eigenvalue weighted by Crippen LogP contribution is -2.13. The Hall–Kier alpha value is -0.930. The van der Waals surface area contributed by atoms with Gasteiger partial charge in [0.2, 0.25) is 0 Å². The van der Waals surface area contributed by atoms with Crippen molar-refractivity contribution in [1.29, 1.82) is 0 Å². The monoisotopic (exact) mass is 264 g/mol. The van der Waals surface area contributed by atoms with Crippen LogP contribution in [0.4, 0.5) is 0 Å². The second-order valence-corrected chi connectivity index (χ2v) is 4.87. The summed E-state index contributed by atoms with van der Waals surface area (Å²) < 4.78 is 5.68. The molecular weight excluding hydrogens is 236 g/mol. The first-order chi connectivity index (χ1) is 9.36. The number of nitrogens with one attached hydrogen (secondary N) is 1. The van der Waals surface area contributed by atoms with E-state index in [0.717, 1.165) is 37.5 Å². The molecule has 0 radical (unpaired) electrons. The summed E-state index contributed by atoms with van der Waals surface area (Å²) in [4.78, 5) is 4.57. The number of rotatable bonds is 11. The molecule has 0 saturated heterocycles. The lowest BCUT2D eigenvalue weighted by molar-refractivity contribution is 0.114. The van der Waals surface area contributed by atoms with Crippen molar-refractivity contribution in [1.82, 2.24) is 10.3 Å². The molecule has 1 aromatic rings. The Morgan fingerprint density at radius 3 is 2.63 bits per heavy atom. The first-order valence-corrected chi connectivity index (χ1v) is 7.60. The van der Waals surface area contributed by atoms with Crippen LogP contribution in [0.15, 0.2) is 18.2 Å². The van der Waals surface area contributed by atoms with Crippen molar-refractivity contribution >= 4 is 0 Å². The summed E-state index contributed by atoms with van der Waals surface area (Å²) in [6.07, 6.45) is 6.41. The van der Waals surface area contributed by atoms with Gasteiger partial charge in [0.05, 0.1) is 18.0 Å². The highest BCUT2D eigenvalue weighted by Gasteiger charge is 1.98. The molecule has 0 aliphatic carbocycles. The molecule has 3 heteroatoms. The van der Waals surface area contributed by atoms with E-state index in [9.17, 15) is 0 Å². The zero-order chi connectivity index (χ0) is 13.8. The second kappa shape index (κ2) is 10.9. The molecule has 0 aromatic carbocycles. The summed E-state index contributed by atoms with van der Waals surface area (Å²) in [5.74, 6) is 0. The van der Waals surface area contributed by atoms with Gasteiger partial charge in [-0.2, -0.15) is 0 Å². The van der Waals surface area contributed by atoms with Gasteiger partial charge in [0, 0.05) is 13.2 Å². The van der Waals surface area contributed by atoms with E-state index < -0.39 is 0 Å². The normalized spacial score (nSPS) is 10.8. The van der Waals surface area contributed by atoms with Crippen molar-refractivity contribution in [3.05, 3.63) is 29.6 Å². The van der Waals surface area contributed by atoms with Crippen LogP contribution in [0.1, 0.15) is 57.3 Å². The number of aromatic nitrogens is 1. The molecule has 108 valence electrons. The van der Waals surface area contributed by atoms with E-state index in [2.05, 4.69) is 36.3 Å². The third kappa shape index (κ3) is 7.96. The molecule has 1 rings (SSSR count). The average Bonchev–Trinajstić information content (AvgIpc) is 2.44. The van der Waals surface area contributed by atoms with Crippen LogP contribution in [0, 0.1) is 0 Å². The summed E-state index contributed by atoms with van der Waals surface area (Å²) in [6.45, 7) is 7.63. The maximum absolute atomic E-state index is 5.68. The lowest BCUT2D eigenvalue weighted by atomic mass is 10.2. The maximum atomic E-state index is 5.68. The standard InChI is InChI=1S/C16H28N2O/c1-3-5-6-7-8-12-19-14-16-11-9-10-15(18-16)13-17-4-2/h9-11,17H,3-8,12-14H2,1-2H3. The fourth-order valence-corrected chi connectivity index (χ4v) is 1.95. The van der Waals surface area contributed by atoms with Crippen LogP contribution in [0.5, 0.6) is 0 Å². The zero-order valence-corrected chi connectivity index (χ0v) is 12.5. The maximum Gasteiger partial charge on any atom is 0.0887 e. The van der Waals surface area contributed by atoms with Crippen molar-refractivity contribution < 1.29 is 4.74 Å². The Morgan fingerprint density at radius 1 is 1.05 bits per heavy atom. The van der Waals surface area contributed by atoms with Crippen LogP contribution < -0.4 is 5.32 Å². The molecule has 0 amide bonds. The quantitative estimate of drug-likeness (QED) is 0.619. The molecule has 0 unspecified atom stereocenters. The van der Waals surface area contributed by atoms with Crippen molar-refractivity contribution in [2.24, 2.45) is 0 Å². The minimum absolute atomic E-state index is 0.633. The van der Waals surface area contributed by atoms with Gasteiger partial charge in [-0.3, -0.25) is 4.98 Å². The van der Waals surface area contributed by atoms with Gasteiger partial charge < -0.3 is 10.1 Å². The van der Waals surface area contributed by atoms with Gasteiger partial charge in [0.25, 0.3) is 0 Å². The van der Waals surface area contributed by atoms with Gasteiger partial charge >= 0.3 is 0 Å². The molecule has 1 heterocycles. The molecule has 0 aliphatic rings. The summed E-state index contributed by atoms with van der Waals surface area (Å²) in [6, 6.07) is 6.14. The molecule has 0 saturated carbocycles. The molecule has 0 fully saturated rings. The Morgan fingerprint density at radius 2 is 1.84 bits per heavy atom. The SMILES string of the molecule is CCCCCCCOCc1cccc(CNCC)n1. The minimum Gasteiger partial charge on any atom is -0.375 e. The molecule has 1 aromatic heterocycles. The summed E-state index contributed by atoms with van der Waals surface area (Å²) in [5, 5.41) is 3.28. The third-order valence-electron chi connectivity index (χ3n) is 3.06. The molecule has 0 bridgehead atoms. The van der Waals surface area contributed by atoms with E-state index in [1.54, 1.807) is 0 Å². The van der Waals surface area contributed by atoms with Crippen molar-refractivity contribution in [3.8, 4) is 0 Å². The molecule has 0 atom stereocenters. The van der Waals surface area contributed by atoms with Gasteiger partial charge in [-0.1, -0.05) is 45.6 Å². The van der Waals surface area contributed by atoms with Gasteiger partial charge in [0.15, 0.2) is 0 Å². The highest BCUT2D eigenvalue weighted by Crippen LogP contribution is 2.05. The van der Waals surface area contributed by atoms with Crippen molar-refractivity contribution in [2.45, 2.75) is 59.1 Å². The zero-order valence-electron chi connectivity index (χ0n) is 12.5. The van der Waals surface area contributed by atoms with E-state index in [-0.39, 0.29) is 0 Å². The topological polar surface area (TPSA) is 34.1 Å². The second-order valence-electron chi connectivity index (χ2n) is 4.87. The van der Waals surface area contributed by atoms with Gasteiger partial charge in [-0.05, 0) is 25.1 Å². The van der Waals surface area contributed by atoms with Crippen LogP contribution >= 0.6 is 0 Å². The van der Waals surface area contributed by atoms with Crippen LogP contribution in [0.25, 0.3) is 0 Å². The number of ether oxygens (including phenoxy) is 1. The van der Waals surface area contributed by atoms with E-state index in [4.69, 9.17) is 4.74 Å². The third-order valence-corrected chi connectivity index (χ3v) is 3.06. The molecule has 3 nitrogen and oxygen atoms in total. The Bertz CT molecular complexity index is 328. The smallest absolute Gasteiger partial charge is 0.0887 e. The summed E-state index contributed by atoms with van der Waals surface area (Å²) in [5.41, 5.74) is 2.12. The van der Waals surface area contributed by atoms with Crippen LogP contribution in [0.3, 0.4) is 0 Å². The molecule has 1 N–H and O–H groups in total.